The summed E-state index contributed by atoms with van der Waals surface area (Å²) in [7, 11) is 2.44. The normalized spacial score (nSPS) is 11.3. The molecule has 0 bridgehead atoms. The van der Waals surface area contributed by atoms with Crippen LogP contribution >= 0.6 is 8.58 Å². The van der Waals surface area contributed by atoms with Crippen molar-refractivity contribution in [2.24, 2.45) is 0 Å². The third kappa shape index (κ3) is 3.34. The molecule has 0 heterocycles. The first-order valence-corrected chi connectivity index (χ1v) is 7.41. The Labute approximate surface area is 116 Å². The predicted molar refractivity (Wildman–Crippen MR) is 84.4 cm³/mol. The van der Waals surface area contributed by atoms with Gasteiger partial charge in [-0.05, 0) is 49.0 Å². The number of benzene rings is 2. The Bertz CT molecular complexity index is 581. The number of nitrogens with one attached hydrogen (secondary N) is 1. The lowest BCUT2D eigenvalue weighted by Gasteiger charge is -2.12. The molecule has 2 N–H and O–H groups in total. The Morgan fingerprint density at radius 2 is 1.84 bits per heavy atom. The number of aryl methyl sites for hydroxylation is 2. The van der Waals surface area contributed by atoms with E-state index in [9.17, 15) is 5.11 Å². The minimum absolute atomic E-state index is 0.434. The van der Waals surface area contributed by atoms with Gasteiger partial charge in [0.05, 0.1) is 0 Å². The first kappa shape index (κ1) is 14.0. The van der Waals surface area contributed by atoms with E-state index in [2.05, 4.69) is 42.6 Å². The summed E-state index contributed by atoms with van der Waals surface area (Å²) in [5.41, 5.74) is 3.44. The van der Waals surface area contributed by atoms with Gasteiger partial charge in [0.2, 0.25) is 0 Å². The molecule has 1 atom stereocenters. The Balaban J connectivity index is 2.36. The van der Waals surface area contributed by atoms with Gasteiger partial charge in [0.15, 0.2) is 0 Å². The second-order valence-corrected chi connectivity index (χ2v) is 6.12. The molecule has 0 aliphatic heterocycles. The molecule has 0 fully saturated rings. The van der Waals surface area contributed by atoms with Gasteiger partial charge in [-0.1, -0.05) is 38.9 Å². The number of rotatable bonds is 4. The Morgan fingerprint density at radius 3 is 2.58 bits per heavy atom. The molecule has 1 unspecified atom stereocenters. The summed E-state index contributed by atoms with van der Waals surface area (Å²) in [5, 5.41) is 15.7. The highest BCUT2D eigenvalue weighted by molar-refractivity contribution is 7.55. The summed E-state index contributed by atoms with van der Waals surface area (Å²) in [6.07, 6.45) is 0. The van der Waals surface area contributed by atoms with Crippen LogP contribution in [0.15, 0.2) is 36.4 Å². The van der Waals surface area contributed by atoms with E-state index < -0.39 is 0 Å². The van der Waals surface area contributed by atoms with Gasteiger partial charge in [0.25, 0.3) is 0 Å². The zero-order valence-electron chi connectivity index (χ0n) is 11.6. The first-order valence-electron chi connectivity index (χ1n) is 6.41. The van der Waals surface area contributed by atoms with Crippen molar-refractivity contribution in [3.8, 4) is 5.75 Å². The van der Waals surface area contributed by atoms with Crippen LogP contribution in [0.5, 0.6) is 5.75 Å². The summed E-state index contributed by atoms with van der Waals surface area (Å²) < 4.78 is 0. The fourth-order valence-corrected chi connectivity index (χ4v) is 3.60. The van der Waals surface area contributed by atoms with Gasteiger partial charge in [0, 0.05) is 11.8 Å². The van der Waals surface area contributed by atoms with Crippen LogP contribution in [0, 0.1) is 13.8 Å². The van der Waals surface area contributed by atoms with Crippen LogP contribution in [0.2, 0.25) is 0 Å². The minimum atomic E-state index is 0.434. The monoisotopic (exact) mass is 273 g/mol. The summed E-state index contributed by atoms with van der Waals surface area (Å²) in [6.45, 7) is 4.88. The molecular formula is C16H20NOP. The zero-order valence-corrected chi connectivity index (χ0v) is 12.6. The molecule has 2 nitrogen and oxygen atoms in total. The third-order valence-corrected chi connectivity index (χ3v) is 4.51. The Morgan fingerprint density at radius 1 is 1.11 bits per heavy atom. The van der Waals surface area contributed by atoms with Crippen molar-refractivity contribution < 1.29 is 5.11 Å². The Kier molecular flexibility index (Phi) is 4.57. The average Bonchev–Trinajstić information content (AvgIpc) is 2.38. The lowest BCUT2D eigenvalue weighted by Crippen LogP contribution is -2.15. The fourth-order valence-electron chi connectivity index (χ4n) is 2.19. The molecule has 2 aromatic rings. The number of phenolic OH excluding ortho intramolecular Hbond substituents is 1. The third-order valence-electron chi connectivity index (χ3n) is 3.10. The van der Waals surface area contributed by atoms with E-state index in [1.807, 2.05) is 20.0 Å². The molecular weight excluding hydrogens is 253 g/mol. The van der Waals surface area contributed by atoms with Crippen molar-refractivity contribution in [1.29, 1.82) is 0 Å². The van der Waals surface area contributed by atoms with Crippen LogP contribution in [0.1, 0.15) is 16.7 Å². The van der Waals surface area contributed by atoms with Gasteiger partial charge in [-0.15, -0.1) is 0 Å². The smallest absolute Gasteiger partial charge is 0.126 e. The lowest BCUT2D eigenvalue weighted by atomic mass is 10.1. The van der Waals surface area contributed by atoms with Gasteiger partial charge in [-0.3, -0.25) is 0 Å². The standard InChI is InChI=1S/C16H20NOP/c1-11-8-12(2)16(18)15(9-11)19-14-7-5-4-6-13(14)10-17-3/h4-9,17-19H,10H2,1-3H3. The number of hydrogen-bond acceptors (Lipinski definition) is 2. The number of phenols is 1. The van der Waals surface area contributed by atoms with E-state index in [0.717, 1.165) is 17.4 Å². The molecule has 100 valence electrons. The van der Waals surface area contributed by atoms with E-state index in [-0.39, 0.29) is 0 Å². The Hall–Kier alpha value is -1.37. The molecule has 0 aliphatic rings. The van der Waals surface area contributed by atoms with Crippen LogP contribution in [0.25, 0.3) is 0 Å². The summed E-state index contributed by atoms with van der Waals surface area (Å²) in [4.78, 5) is 0. The van der Waals surface area contributed by atoms with Crippen molar-refractivity contribution in [1.82, 2.24) is 5.32 Å². The van der Waals surface area contributed by atoms with Crippen LogP contribution in [-0.4, -0.2) is 12.2 Å². The maximum atomic E-state index is 10.2. The van der Waals surface area contributed by atoms with Crippen LogP contribution in [0.4, 0.5) is 0 Å². The van der Waals surface area contributed by atoms with E-state index in [1.54, 1.807) is 0 Å². The first-order chi connectivity index (χ1) is 9.11. The van der Waals surface area contributed by atoms with Gasteiger partial charge in [-0.2, -0.15) is 0 Å². The molecule has 2 rings (SSSR count). The maximum absolute atomic E-state index is 10.2. The van der Waals surface area contributed by atoms with Crippen molar-refractivity contribution in [2.75, 3.05) is 7.05 Å². The summed E-state index contributed by atoms with van der Waals surface area (Å²) in [6, 6.07) is 12.5. The second-order valence-electron chi connectivity index (χ2n) is 4.79. The maximum Gasteiger partial charge on any atom is 0.126 e. The van der Waals surface area contributed by atoms with Gasteiger partial charge in [-0.25, -0.2) is 0 Å². The molecule has 19 heavy (non-hydrogen) atoms. The zero-order chi connectivity index (χ0) is 13.8. The highest BCUT2D eigenvalue weighted by Crippen LogP contribution is 2.24. The van der Waals surface area contributed by atoms with Crippen molar-refractivity contribution in [2.45, 2.75) is 20.4 Å². The predicted octanol–water partition coefficient (Wildman–Crippen LogP) is 2.36. The molecule has 3 heteroatoms. The van der Waals surface area contributed by atoms with Gasteiger partial charge in [0.1, 0.15) is 5.75 Å². The largest absolute Gasteiger partial charge is 0.507 e. The van der Waals surface area contributed by atoms with Gasteiger partial charge < -0.3 is 10.4 Å². The minimum Gasteiger partial charge on any atom is -0.507 e. The van der Waals surface area contributed by atoms with E-state index in [1.165, 1.54) is 16.4 Å². The highest BCUT2D eigenvalue weighted by Gasteiger charge is 2.08. The molecule has 0 saturated heterocycles. The van der Waals surface area contributed by atoms with Crippen molar-refractivity contribution >= 4 is 19.2 Å². The van der Waals surface area contributed by atoms with Crippen LogP contribution in [-0.2, 0) is 6.54 Å². The highest BCUT2D eigenvalue weighted by atomic mass is 31.1. The summed E-state index contributed by atoms with van der Waals surface area (Å²) in [5.74, 6) is 0.434. The summed E-state index contributed by atoms with van der Waals surface area (Å²) >= 11 is 0. The SMILES string of the molecule is CNCc1ccccc1Pc1cc(C)cc(C)c1O. The van der Waals surface area contributed by atoms with E-state index in [4.69, 9.17) is 0 Å². The number of hydrogen-bond donors (Lipinski definition) is 2. The topological polar surface area (TPSA) is 32.3 Å². The van der Waals surface area contributed by atoms with Gasteiger partial charge >= 0.3 is 0 Å². The van der Waals surface area contributed by atoms with E-state index in [0.29, 0.717) is 14.3 Å². The molecule has 0 saturated carbocycles. The molecule has 0 amide bonds. The second kappa shape index (κ2) is 6.18. The van der Waals surface area contributed by atoms with Crippen LogP contribution < -0.4 is 15.9 Å². The molecule has 0 aliphatic carbocycles. The fraction of sp³-hybridized carbons (Fsp3) is 0.250. The van der Waals surface area contributed by atoms with Crippen molar-refractivity contribution in [3.05, 3.63) is 53.1 Å². The average molecular weight is 273 g/mol. The lowest BCUT2D eigenvalue weighted by molar-refractivity contribution is 0.475. The van der Waals surface area contributed by atoms with E-state index >= 15 is 0 Å². The molecule has 0 aromatic heterocycles. The quantitative estimate of drug-likeness (QED) is 0.838. The number of aromatic hydroxyl groups is 1. The molecule has 0 spiro atoms. The molecule has 0 radical (unpaired) electrons. The van der Waals surface area contributed by atoms with Crippen molar-refractivity contribution in [3.63, 3.8) is 0 Å². The molecule has 2 aromatic carbocycles. The van der Waals surface area contributed by atoms with Crippen LogP contribution in [0.3, 0.4) is 0 Å².